The number of benzene rings is 2. The second kappa shape index (κ2) is 6.08. The maximum Gasteiger partial charge on any atom is 0.417 e. The standard InChI is InChI=1S/C14H7Br2F3N2/c15-9-1-4-13(12(16)6-9)21-10-2-3-11(14(17,18)19)8(5-10)7-20/h1-6,21H. The largest absolute Gasteiger partial charge is 0.417 e. The molecule has 2 nitrogen and oxygen atoms in total. The fourth-order valence-electron chi connectivity index (χ4n) is 1.71. The number of nitrogens with one attached hydrogen (secondary N) is 1. The first-order chi connectivity index (χ1) is 9.81. The zero-order valence-corrected chi connectivity index (χ0v) is 13.5. The van der Waals surface area contributed by atoms with Crippen LogP contribution >= 0.6 is 31.9 Å². The van der Waals surface area contributed by atoms with Crippen molar-refractivity contribution in [1.82, 2.24) is 0 Å². The van der Waals surface area contributed by atoms with Crippen molar-refractivity contribution in [3.8, 4) is 6.07 Å². The normalized spacial score (nSPS) is 11.0. The van der Waals surface area contributed by atoms with Gasteiger partial charge in [-0.3, -0.25) is 0 Å². The van der Waals surface area contributed by atoms with Crippen LogP contribution in [0.2, 0.25) is 0 Å². The van der Waals surface area contributed by atoms with Gasteiger partial charge in [0.1, 0.15) is 0 Å². The van der Waals surface area contributed by atoms with Gasteiger partial charge in [-0.15, -0.1) is 0 Å². The predicted octanol–water partition coefficient (Wildman–Crippen LogP) is 5.85. The van der Waals surface area contributed by atoms with E-state index in [1.54, 1.807) is 24.3 Å². The van der Waals surface area contributed by atoms with Gasteiger partial charge in [0.15, 0.2) is 0 Å². The molecule has 7 heteroatoms. The van der Waals surface area contributed by atoms with Crippen LogP contribution < -0.4 is 5.32 Å². The molecule has 21 heavy (non-hydrogen) atoms. The van der Waals surface area contributed by atoms with Crippen LogP contribution in [0.3, 0.4) is 0 Å². The molecular weight excluding hydrogens is 413 g/mol. The van der Waals surface area contributed by atoms with E-state index in [1.165, 1.54) is 12.1 Å². The molecule has 0 radical (unpaired) electrons. The lowest BCUT2D eigenvalue weighted by Crippen LogP contribution is -2.08. The highest BCUT2D eigenvalue weighted by Crippen LogP contribution is 2.34. The Morgan fingerprint density at radius 2 is 1.76 bits per heavy atom. The van der Waals surface area contributed by atoms with Crippen LogP contribution in [0.1, 0.15) is 11.1 Å². The van der Waals surface area contributed by atoms with E-state index in [1.807, 2.05) is 0 Å². The van der Waals surface area contributed by atoms with E-state index < -0.39 is 17.3 Å². The first-order valence-electron chi connectivity index (χ1n) is 5.64. The van der Waals surface area contributed by atoms with Crippen molar-refractivity contribution in [1.29, 1.82) is 5.26 Å². The lowest BCUT2D eigenvalue weighted by molar-refractivity contribution is -0.137. The van der Waals surface area contributed by atoms with Gasteiger partial charge in [0.05, 0.1) is 22.9 Å². The number of hydrogen-bond donors (Lipinski definition) is 1. The van der Waals surface area contributed by atoms with Crippen LogP contribution in [0.4, 0.5) is 24.5 Å². The lowest BCUT2D eigenvalue weighted by Gasteiger charge is -2.12. The minimum absolute atomic E-state index is 0.405. The summed E-state index contributed by atoms with van der Waals surface area (Å²) >= 11 is 6.66. The summed E-state index contributed by atoms with van der Waals surface area (Å²) < 4.78 is 39.8. The number of nitriles is 1. The summed E-state index contributed by atoms with van der Waals surface area (Å²) in [5.41, 5.74) is -0.268. The third-order valence-electron chi connectivity index (χ3n) is 2.66. The molecule has 0 atom stereocenters. The van der Waals surface area contributed by atoms with Gasteiger partial charge in [0, 0.05) is 14.6 Å². The number of hydrogen-bond acceptors (Lipinski definition) is 2. The van der Waals surface area contributed by atoms with Crippen LogP contribution in [0, 0.1) is 11.3 Å². The van der Waals surface area contributed by atoms with E-state index >= 15 is 0 Å². The molecule has 0 saturated carbocycles. The SMILES string of the molecule is N#Cc1cc(Nc2ccc(Br)cc2Br)ccc1C(F)(F)F. The number of rotatable bonds is 2. The molecule has 0 fully saturated rings. The minimum atomic E-state index is -4.54. The molecule has 0 bridgehead atoms. The van der Waals surface area contributed by atoms with Gasteiger partial charge in [-0.25, -0.2) is 0 Å². The van der Waals surface area contributed by atoms with Gasteiger partial charge < -0.3 is 5.32 Å². The highest BCUT2D eigenvalue weighted by atomic mass is 79.9. The Labute approximate surface area is 135 Å². The van der Waals surface area contributed by atoms with E-state index in [0.29, 0.717) is 11.4 Å². The van der Waals surface area contributed by atoms with Gasteiger partial charge in [0.2, 0.25) is 0 Å². The molecule has 0 aromatic heterocycles. The van der Waals surface area contributed by atoms with Gasteiger partial charge in [-0.1, -0.05) is 15.9 Å². The lowest BCUT2D eigenvalue weighted by atomic mass is 10.1. The van der Waals surface area contributed by atoms with Gasteiger partial charge in [0.25, 0.3) is 0 Å². The highest BCUT2D eigenvalue weighted by molar-refractivity contribution is 9.11. The maximum absolute atomic E-state index is 12.7. The fraction of sp³-hybridized carbons (Fsp3) is 0.0714. The Balaban J connectivity index is 2.36. The van der Waals surface area contributed by atoms with E-state index in [4.69, 9.17) is 5.26 Å². The summed E-state index contributed by atoms with van der Waals surface area (Å²) in [5.74, 6) is 0. The van der Waals surface area contributed by atoms with Crippen LogP contribution in [0.15, 0.2) is 45.3 Å². The number of nitrogens with zero attached hydrogens (tertiary/aromatic N) is 1. The predicted molar refractivity (Wildman–Crippen MR) is 81.3 cm³/mol. The van der Waals surface area contributed by atoms with E-state index in [0.717, 1.165) is 15.0 Å². The molecule has 0 saturated heterocycles. The molecule has 0 heterocycles. The summed E-state index contributed by atoms with van der Waals surface area (Å²) in [4.78, 5) is 0. The minimum Gasteiger partial charge on any atom is -0.355 e. The Hall–Kier alpha value is -1.52. The number of halogens is 5. The van der Waals surface area contributed by atoms with Crippen LogP contribution in [-0.4, -0.2) is 0 Å². The number of alkyl halides is 3. The molecule has 0 amide bonds. The molecular formula is C14H7Br2F3N2. The van der Waals surface area contributed by atoms with E-state index in [9.17, 15) is 13.2 Å². The molecule has 0 unspecified atom stereocenters. The third kappa shape index (κ3) is 3.77. The van der Waals surface area contributed by atoms with Crippen molar-refractivity contribution >= 4 is 43.2 Å². The summed E-state index contributed by atoms with van der Waals surface area (Å²) in [7, 11) is 0. The Morgan fingerprint density at radius 3 is 2.33 bits per heavy atom. The smallest absolute Gasteiger partial charge is 0.355 e. The summed E-state index contributed by atoms with van der Waals surface area (Å²) in [6.07, 6.45) is -4.54. The van der Waals surface area contributed by atoms with E-state index in [-0.39, 0.29) is 0 Å². The van der Waals surface area contributed by atoms with Crippen molar-refractivity contribution in [3.63, 3.8) is 0 Å². The second-order valence-electron chi connectivity index (χ2n) is 4.12. The van der Waals surface area contributed by atoms with Crippen LogP contribution in [0.5, 0.6) is 0 Å². The zero-order valence-electron chi connectivity index (χ0n) is 10.3. The topological polar surface area (TPSA) is 35.8 Å². The Kier molecular flexibility index (Phi) is 4.59. The molecule has 1 N–H and O–H groups in total. The zero-order chi connectivity index (χ0) is 15.6. The summed E-state index contributed by atoms with van der Waals surface area (Å²) in [6, 6.07) is 10.3. The average molecular weight is 420 g/mol. The summed E-state index contributed by atoms with van der Waals surface area (Å²) in [5, 5.41) is 11.8. The Bertz CT molecular complexity index is 721. The van der Waals surface area contributed by atoms with Crippen LogP contribution in [0.25, 0.3) is 0 Å². The fourth-order valence-corrected chi connectivity index (χ4v) is 2.85. The highest BCUT2D eigenvalue weighted by Gasteiger charge is 2.33. The molecule has 108 valence electrons. The van der Waals surface area contributed by atoms with Gasteiger partial charge in [-0.2, -0.15) is 18.4 Å². The monoisotopic (exact) mass is 418 g/mol. The third-order valence-corrected chi connectivity index (χ3v) is 3.80. The number of anilines is 2. The van der Waals surface area contributed by atoms with Gasteiger partial charge in [-0.05, 0) is 52.3 Å². The first-order valence-corrected chi connectivity index (χ1v) is 7.23. The van der Waals surface area contributed by atoms with Crippen molar-refractivity contribution in [3.05, 3.63) is 56.5 Å². The second-order valence-corrected chi connectivity index (χ2v) is 5.89. The van der Waals surface area contributed by atoms with Crippen LogP contribution in [-0.2, 0) is 6.18 Å². The molecule has 2 aromatic carbocycles. The molecule has 2 aromatic rings. The molecule has 2 rings (SSSR count). The van der Waals surface area contributed by atoms with Gasteiger partial charge >= 0.3 is 6.18 Å². The van der Waals surface area contributed by atoms with Crippen molar-refractivity contribution in [2.24, 2.45) is 0 Å². The summed E-state index contributed by atoms with van der Waals surface area (Å²) in [6.45, 7) is 0. The first kappa shape index (κ1) is 15.9. The quantitative estimate of drug-likeness (QED) is 0.663. The van der Waals surface area contributed by atoms with Crippen molar-refractivity contribution < 1.29 is 13.2 Å². The molecule has 0 aliphatic heterocycles. The molecule has 0 aliphatic carbocycles. The average Bonchev–Trinajstić information content (AvgIpc) is 2.40. The maximum atomic E-state index is 12.7. The van der Waals surface area contributed by atoms with E-state index in [2.05, 4.69) is 37.2 Å². The van der Waals surface area contributed by atoms with Crippen molar-refractivity contribution in [2.75, 3.05) is 5.32 Å². The molecule has 0 spiro atoms. The van der Waals surface area contributed by atoms with Crippen molar-refractivity contribution in [2.45, 2.75) is 6.18 Å². The Morgan fingerprint density at radius 1 is 1.05 bits per heavy atom. The molecule has 0 aliphatic rings.